The first-order chi connectivity index (χ1) is 22.3. The molecule has 0 saturated heterocycles. The van der Waals surface area contributed by atoms with Crippen LogP contribution < -0.4 is 0 Å². The van der Waals surface area contributed by atoms with Gasteiger partial charge in [0, 0.05) is 11.1 Å². The van der Waals surface area contributed by atoms with E-state index in [9.17, 15) is 57.9 Å². The minimum atomic E-state index is -5.38. The predicted octanol–water partition coefficient (Wildman–Crippen LogP) is 7.98. The molecular weight excluding hydrogens is 676 g/mol. The Morgan fingerprint density at radius 1 is 0.521 bits per heavy atom. The van der Waals surface area contributed by atoms with E-state index in [4.69, 9.17) is 6.57 Å². The average Bonchev–Trinajstić information content (AvgIpc) is 3.00. The molecule has 0 unspecified atom stereocenters. The van der Waals surface area contributed by atoms with Crippen LogP contribution in [0.2, 0.25) is 0 Å². The van der Waals surface area contributed by atoms with Gasteiger partial charge in [-0.3, -0.25) is 0 Å². The highest BCUT2D eigenvalue weighted by atomic mass is 19.4. The molecule has 2 aromatic heterocycles. The Morgan fingerprint density at radius 2 is 0.875 bits per heavy atom. The smallest absolute Gasteiger partial charge is 0.241 e. The van der Waals surface area contributed by atoms with Gasteiger partial charge in [-0.25, -0.2) is 19.9 Å². The third-order valence-corrected chi connectivity index (χ3v) is 6.51. The van der Waals surface area contributed by atoms with E-state index in [-0.39, 0.29) is 0 Å². The van der Waals surface area contributed by atoms with Crippen molar-refractivity contribution in [3.63, 3.8) is 0 Å². The van der Waals surface area contributed by atoms with Crippen LogP contribution in [0.3, 0.4) is 0 Å². The van der Waals surface area contributed by atoms with Crippen molar-refractivity contribution >= 4 is 11.4 Å². The molecule has 0 radical (unpaired) electrons. The second-order valence-electron chi connectivity index (χ2n) is 9.49. The Kier molecular flexibility index (Phi) is 7.94. The van der Waals surface area contributed by atoms with E-state index in [0.29, 0.717) is 48.5 Å². The summed E-state index contributed by atoms with van der Waals surface area (Å²) in [5, 5.41) is 12.7. The predicted molar refractivity (Wildman–Crippen MR) is 138 cm³/mol. The van der Waals surface area contributed by atoms with Gasteiger partial charge in [-0.05, 0) is 24.3 Å². The fraction of sp³-hybridized carbons (Fsp3) is 0.143. The summed E-state index contributed by atoms with van der Waals surface area (Å²) in [6.45, 7) is 7.18. The molecule has 0 spiro atoms. The van der Waals surface area contributed by atoms with Crippen LogP contribution in [-0.4, -0.2) is 31.4 Å². The molecule has 0 N–H and O–H groups in total. The molecule has 2 heterocycles. The zero-order valence-corrected chi connectivity index (χ0v) is 22.7. The number of aromatic nitrogens is 4. The number of hydrogen-bond donors (Lipinski definition) is 0. The SMILES string of the molecule is [C-]#[N+]/N=C1\c2nc(-c3ccc(C(F)(F)F)cc3)c(C(F)(F)F)nc2C(=NC#N)c2nc(-c3ccc(C(F)(F)F)cc3)c(C(F)(F)F)nc21. The van der Waals surface area contributed by atoms with E-state index >= 15 is 0 Å². The van der Waals surface area contributed by atoms with Crippen LogP contribution >= 0.6 is 0 Å². The number of aliphatic imine (C=N–C) groups is 1. The molecule has 0 bridgehead atoms. The topological polar surface area (TPSA) is 104 Å². The molecule has 0 aliphatic heterocycles. The molecular formula is C28H8F12N8. The van der Waals surface area contributed by atoms with Gasteiger partial charge in [-0.2, -0.15) is 69.5 Å². The lowest BCUT2D eigenvalue weighted by Gasteiger charge is -2.23. The molecule has 2 aromatic carbocycles. The highest BCUT2D eigenvalue weighted by Gasteiger charge is 2.45. The minimum absolute atomic E-state index is 0.436. The van der Waals surface area contributed by atoms with Crippen LogP contribution in [0.25, 0.3) is 27.5 Å². The summed E-state index contributed by atoms with van der Waals surface area (Å²) in [5.74, 6) is 0. The average molecular weight is 684 g/mol. The number of alkyl halides is 12. The first kappa shape index (κ1) is 33.4. The van der Waals surface area contributed by atoms with Crippen molar-refractivity contribution in [3.05, 3.63) is 105 Å². The summed E-state index contributed by atoms with van der Waals surface area (Å²) in [6.07, 6.45) is -19.3. The summed E-state index contributed by atoms with van der Waals surface area (Å²) in [4.78, 5) is 20.6. The fourth-order valence-corrected chi connectivity index (χ4v) is 4.49. The van der Waals surface area contributed by atoms with Gasteiger partial charge in [0.2, 0.25) is 11.9 Å². The van der Waals surface area contributed by atoms with Crippen molar-refractivity contribution in [2.45, 2.75) is 24.7 Å². The largest absolute Gasteiger partial charge is 0.435 e. The van der Waals surface area contributed by atoms with Crippen molar-refractivity contribution in [3.8, 4) is 28.7 Å². The molecule has 8 nitrogen and oxygen atoms in total. The zero-order chi connectivity index (χ0) is 35.4. The second-order valence-corrected chi connectivity index (χ2v) is 9.49. The Morgan fingerprint density at radius 3 is 1.21 bits per heavy atom. The molecule has 244 valence electrons. The standard InChI is InChI=1S/C28H8F12N8/c1-42-48-22-20-19(46-23(27(35,36)37)16(45-20)12-4-8-14(9-5-12)26(32,33)34)17(43-10-41)18-21(22)47-24(28(38,39)40)15(44-18)11-2-6-13(7-3-11)25(29,30)31/h2-9H/b43-17?,48-22+. The van der Waals surface area contributed by atoms with Crippen LogP contribution in [0.1, 0.15) is 45.3 Å². The van der Waals surface area contributed by atoms with E-state index in [1.807, 2.05) is 0 Å². The Bertz CT molecular complexity index is 1930. The third-order valence-electron chi connectivity index (χ3n) is 6.51. The summed E-state index contributed by atoms with van der Waals surface area (Å²) in [7, 11) is 0. The molecule has 0 atom stereocenters. The minimum Gasteiger partial charge on any atom is -0.241 e. The lowest BCUT2D eigenvalue weighted by Crippen LogP contribution is -2.31. The van der Waals surface area contributed by atoms with Gasteiger partial charge in [0.1, 0.15) is 39.9 Å². The van der Waals surface area contributed by atoms with Crippen LogP contribution in [-0.2, 0) is 24.7 Å². The normalized spacial score (nSPS) is 15.1. The van der Waals surface area contributed by atoms with Crippen molar-refractivity contribution in [1.29, 1.82) is 5.26 Å². The fourth-order valence-electron chi connectivity index (χ4n) is 4.49. The van der Waals surface area contributed by atoms with E-state index < -0.39 is 104 Å². The van der Waals surface area contributed by atoms with Crippen LogP contribution in [0.5, 0.6) is 0 Å². The van der Waals surface area contributed by atoms with Crippen molar-refractivity contribution < 1.29 is 52.7 Å². The maximum absolute atomic E-state index is 14.3. The van der Waals surface area contributed by atoms with Crippen molar-refractivity contribution in [2.75, 3.05) is 0 Å². The maximum Gasteiger partial charge on any atom is 0.435 e. The first-order valence-electron chi connectivity index (χ1n) is 12.5. The lowest BCUT2D eigenvalue weighted by atomic mass is 9.93. The number of hydrogen-bond acceptors (Lipinski definition) is 7. The van der Waals surface area contributed by atoms with Gasteiger partial charge in [-0.1, -0.05) is 24.3 Å². The molecule has 0 amide bonds. The van der Waals surface area contributed by atoms with Gasteiger partial charge in [0.15, 0.2) is 11.4 Å². The number of benzene rings is 2. The third kappa shape index (κ3) is 6.11. The molecule has 5 rings (SSSR count). The van der Waals surface area contributed by atoms with Gasteiger partial charge in [0.25, 0.3) is 0 Å². The zero-order valence-electron chi connectivity index (χ0n) is 22.7. The summed E-state index contributed by atoms with van der Waals surface area (Å²) in [6, 6.07) is 4.24. The Hall–Kier alpha value is -5.92. The molecule has 1 aliphatic carbocycles. The van der Waals surface area contributed by atoms with Crippen LogP contribution in [0.15, 0.2) is 58.6 Å². The molecule has 1 aliphatic rings. The summed E-state index contributed by atoms with van der Waals surface area (Å²) in [5.41, 5.74) is -15.1. The molecule has 48 heavy (non-hydrogen) atoms. The lowest BCUT2D eigenvalue weighted by molar-refractivity contribution is -0.141. The summed E-state index contributed by atoms with van der Waals surface area (Å²) >= 11 is 0. The summed E-state index contributed by atoms with van der Waals surface area (Å²) < 4.78 is 164. The van der Waals surface area contributed by atoms with E-state index in [1.165, 1.54) is 6.19 Å². The highest BCUT2D eigenvalue weighted by Crippen LogP contribution is 2.41. The Balaban J connectivity index is 1.84. The molecule has 0 saturated carbocycles. The van der Waals surface area contributed by atoms with Gasteiger partial charge in [-0.15, -0.1) is 4.95 Å². The number of nitriles is 1. The Labute approximate surface area is 258 Å². The van der Waals surface area contributed by atoms with E-state index in [1.54, 1.807) is 0 Å². The molecule has 0 fully saturated rings. The number of fused-ring (bicyclic) bond motifs is 2. The van der Waals surface area contributed by atoms with Gasteiger partial charge >= 0.3 is 24.7 Å². The monoisotopic (exact) mass is 684 g/mol. The highest BCUT2D eigenvalue weighted by molar-refractivity contribution is 6.29. The van der Waals surface area contributed by atoms with Crippen LogP contribution in [0, 0.1) is 18.0 Å². The van der Waals surface area contributed by atoms with Gasteiger partial charge in [0.05, 0.1) is 16.2 Å². The molecule has 20 heteroatoms. The van der Waals surface area contributed by atoms with E-state index in [0.717, 1.165) is 0 Å². The first-order valence-corrected chi connectivity index (χ1v) is 12.5. The van der Waals surface area contributed by atoms with Gasteiger partial charge < -0.3 is 0 Å². The number of halogens is 12. The molecule has 4 aromatic rings. The quantitative estimate of drug-likeness (QED) is 0.0812. The maximum atomic E-state index is 14.3. The number of rotatable bonds is 2. The number of nitrogens with zero attached hydrogens (tertiary/aromatic N) is 8. The van der Waals surface area contributed by atoms with Crippen molar-refractivity contribution in [2.24, 2.45) is 10.1 Å². The second kappa shape index (κ2) is 11.4. The van der Waals surface area contributed by atoms with Crippen LogP contribution in [0.4, 0.5) is 52.7 Å². The van der Waals surface area contributed by atoms with E-state index in [2.05, 4.69) is 35.0 Å². The van der Waals surface area contributed by atoms with Crippen molar-refractivity contribution in [1.82, 2.24) is 19.9 Å².